The van der Waals surface area contributed by atoms with Crippen LogP contribution >= 0.6 is 0 Å². The maximum absolute atomic E-state index is 4.51. The third-order valence-corrected chi connectivity index (χ3v) is 14.3. The molecule has 9 heteroatoms. The molecular formula is C87H66Ir3N6-6. The average molecular weight is 1770 g/mol. The van der Waals surface area contributed by atoms with Gasteiger partial charge in [0, 0.05) is 97.5 Å². The van der Waals surface area contributed by atoms with Gasteiger partial charge in [0.25, 0.3) is 0 Å². The van der Waals surface area contributed by atoms with Crippen LogP contribution in [0.15, 0.2) is 347 Å². The van der Waals surface area contributed by atoms with E-state index in [0.717, 1.165) is 67.5 Å². The van der Waals surface area contributed by atoms with E-state index in [1.54, 1.807) is 18.6 Å². The molecule has 477 valence electrons. The Labute approximate surface area is 606 Å². The van der Waals surface area contributed by atoms with Crippen LogP contribution in [-0.2, 0) is 60.3 Å². The Kier molecular flexibility index (Phi) is 30.6. The molecule has 0 spiro atoms. The van der Waals surface area contributed by atoms with Crippen molar-refractivity contribution in [2.24, 2.45) is 0 Å². The summed E-state index contributed by atoms with van der Waals surface area (Å²) < 4.78 is 0. The fraction of sp³-hybridized carbons (Fsp3) is 0.0345. The van der Waals surface area contributed by atoms with Gasteiger partial charge in [-0.25, -0.2) is 0 Å². The molecule has 0 saturated heterocycles. The Hall–Kier alpha value is -10.2. The van der Waals surface area contributed by atoms with E-state index < -0.39 is 0 Å². The van der Waals surface area contributed by atoms with E-state index in [1.165, 1.54) is 50.1 Å². The zero-order chi connectivity index (χ0) is 63.9. The number of benzene rings is 9. The number of pyridine rings is 6. The predicted molar refractivity (Wildman–Crippen MR) is 382 cm³/mol. The van der Waals surface area contributed by atoms with Gasteiger partial charge in [0.15, 0.2) is 0 Å². The summed E-state index contributed by atoms with van der Waals surface area (Å²) in [6, 6.07) is 122. The molecule has 0 amide bonds. The second-order valence-corrected chi connectivity index (χ2v) is 21.2. The van der Waals surface area contributed by atoms with Gasteiger partial charge in [0.1, 0.15) is 0 Å². The van der Waals surface area contributed by atoms with E-state index in [0.29, 0.717) is 0 Å². The standard InChI is InChI=1S/C23H16N.C18H14N.C13H12N.3C11H8N.3Ir/c1-3-7-18(8-4-1)20-11-13-21(14-12-20)23-17-22(15-16-24-23)19-9-5-2-6-10-19;1-14-7-9-16(10-8-14)18-13-17(11-12-19-18)15-5-3-2-4-6-15;1-10-3-5-12(6-4-10)13-9-11(2)7-8-14-13;3*1-2-6-10(7-3-1)11-8-4-5-9-12-11;;;/h1-13,15-17H;2-9,11-13H,1H3;3-5,7-9H,1-2H3;3*1-6,8-9H;;;/q6*-1;;;. The summed E-state index contributed by atoms with van der Waals surface area (Å²) in [5.74, 6) is 0. The molecule has 0 bridgehead atoms. The summed E-state index contributed by atoms with van der Waals surface area (Å²) in [6.45, 7) is 6.19. The van der Waals surface area contributed by atoms with Gasteiger partial charge in [0.2, 0.25) is 0 Å². The van der Waals surface area contributed by atoms with Crippen LogP contribution < -0.4 is 0 Å². The van der Waals surface area contributed by atoms with Crippen molar-refractivity contribution < 1.29 is 60.3 Å². The van der Waals surface area contributed by atoms with Crippen molar-refractivity contribution in [2.45, 2.75) is 20.8 Å². The maximum Gasteiger partial charge on any atom is 0.0166 e. The normalized spacial score (nSPS) is 9.78. The summed E-state index contributed by atoms with van der Waals surface area (Å²) >= 11 is 0. The van der Waals surface area contributed by atoms with Crippen LogP contribution in [0.4, 0.5) is 0 Å². The van der Waals surface area contributed by atoms with Crippen molar-refractivity contribution >= 4 is 0 Å². The summed E-state index contributed by atoms with van der Waals surface area (Å²) in [4.78, 5) is 25.9. The zero-order valence-electron chi connectivity index (χ0n) is 53.1. The smallest absolute Gasteiger partial charge is 0.0166 e. The van der Waals surface area contributed by atoms with E-state index in [9.17, 15) is 0 Å². The van der Waals surface area contributed by atoms with E-state index in [2.05, 4.69) is 190 Å². The number of hydrogen-bond acceptors (Lipinski definition) is 6. The minimum Gasteiger partial charge on any atom is -0.305 e. The van der Waals surface area contributed by atoms with Gasteiger partial charge in [0.05, 0.1) is 0 Å². The molecule has 0 N–H and O–H groups in total. The molecule has 0 aliphatic carbocycles. The summed E-state index contributed by atoms with van der Waals surface area (Å²) in [6.07, 6.45) is 10.9. The minimum atomic E-state index is 0. The Morgan fingerprint density at radius 3 is 0.823 bits per heavy atom. The van der Waals surface area contributed by atoms with Gasteiger partial charge >= 0.3 is 0 Å². The molecule has 0 atom stereocenters. The summed E-state index contributed by atoms with van der Waals surface area (Å²) in [7, 11) is 0. The van der Waals surface area contributed by atoms with E-state index in [1.807, 2.05) is 225 Å². The Balaban J connectivity index is 0.000000165. The van der Waals surface area contributed by atoms with Crippen LogP contribution in [-0.4, -0.2) is 29.9 Å². The fourth-order valence-corrected chi connectivity index (χ4v) is 9.40. The first kappa shape index (κ1) is 73.2. The van der Waals surface area contributed by atoms with Crippen molar-refractivity contribution in [3.8, 4) is 101 Å². The molecule has 15 aromatic rings. The maximum atomic E-state index is 4.51. The molecule has 6 heterocycles. The van der Waals surface area contributed by atoms with Gasteiger partial charge in [-0.2, -0.15) is 0 Å². The SMILES string of the molecule is Cc1c[c-]c(-c2cc(-c3ccccc3)ccn2)cc1.Cc1c[c-]c(-c2cc(C)ccn2)cc1.[Ir].[Ir].[Ir].[c-]1cc(-c2ccccc2)ccc1-c1cc(-c2ccccc2)ccn1.[c-]1ccccc1-c1ccccn1.[c-]1ccccc1-c1ccccn1.[c-]1ccccc1-c1ccccn1. The molecule has 0 saturated carbocycles. The molecule has 0 fully saturated rings. The van der Waals surface area contributed by atoms with Crippen molar-refractivity contribution in [1.29, 1.82) is 0 Å². The topological polar surface area (TPSA) is 77.3 Å². The third-order valence-electron chi connectivity index (χ3n) is 14.3. The zero-order valence-corrected chi connectivity index (χ0v) is 60.3. The van der Waals surface area contributed by atoms with Gasteiger partial charge < -0.3 is 29.9 Å². The van der Waals surface area contributed by atoms with Crippen LogP contribution in [0.1, 0.15) is 16.7 Å². The second kappa shape index (κ2) is 40.2. The van der Waals surface area contributed by atoms with E-state index >= 15 is 0 Å². The van der Waals surface area contributed by atoms with E-state index in [4.69, 9.17) is 0 Å². The minimum absolute atomic E-state index is 0. The van der Waals surface area contributed by atoms with Crippen molar-refractivity contribution in [2.75, 3.05) is 0 Å². The predicted octanol–water partition coefficient (Wildman–Crippen LogP) is 21.2. The third kappa shape index (κ3) is 23.1. The van der Waals surface area contributed by atoms with Gasteiger partial charge in [-0.05, 0) is 99.7 Å². The Morgan fingerprint density at radius 1 is 0.198 bits per heavy atom. The molecule has 0 aliphatic heterocycles. The second-order valence-electron chi connectivity index (χ2n) is 21.2. The first-order valence-corrected chi connectivity index (χ1v) is 30.5. The fourth-order valence-electron chi connectivity index (χ4n) is 9.40. The van der Waals surface area contributed by atoms with Gasteiger partial charge in [-0.1, -0.05) is 176 Å². The van der Waals surface area contributed by atoms with Crippen molar-refractivity contribution in [1.82, 2.24) is 29.9 Å². The molecule has 15 rings (SSSR count). The molecular weight excluding hydrogens is 1710 g/mol. The Bertz CT molecular complexity index is 4280. The summed E-state index contributed by atoms with van der Waals surface area (Å²) in [5, 5.41) is 0. The molecule has 6 aromatic heterocycles. The monoisotopic (exact) mass is 1770 g/mol. The molecule has 6 nitrogen and oxygen atoms in total. The van der Waals surface area contributed by atoms with Crippen LogP contribution in [0.5, 0.6) is 0 Å². The van der Waals surface area contributed by atoms with Gasteiger partial charge in [-0.15, -0.1) is 208 Å². The van der Waals surface area contributed by atoms with Crippen molar-refractivity contribution in [3.63, 3.8) is 0 Å². The van der Waals surface area contributed by atoms with Gasteiger partial charge in [-0.3, -0.25) is 0 Å². The van der Waals surface area contributed by atoms with Crippen LogP contribution in [0, 0.1) is 57.2 Å². The number of aryl methyl sites for hydroxylation is 3. The van der Waals surface area contributed by atoms with Crippen molar-refractivity contribution in [3.05, 3.63) is 400 Å². The first-order valence-electron chi connectivity index (χ1n) is 30.5. The Morgan fingerprint density at radius 2 is 0.510 bits per heavy atom. The molecule has 0 aliphatic rings. The number of nitrogens with zero attached hydrogens (tertiary/aromatic N) is 6. The molecule has 9 aromatic carbocycles. The number of rotatable bonds is 9. The summed E-state index contributed by atoms with van der Waals surface area (Å²) in [5.41, 5.74) is 22.8. The van der Waals surface area contributed by atoms with Crippen LogP contribution in [0.25, 0.3) is 101 Å². The largest absolute Gasteiger partial charge is 0.305 e. The van der Waals surface area contributed by atoms with Crippen LogP contribution in [0.2, 0.25) is 0 Å². The van der Waals surface area contributed by atoms with E-state index in [-0.39, 0.29) is 60.3 Å². The molecule has 3 radical (unpaired) electrons. The average Bonchev–Trinajstić information content (AvgIpc) is 0.938. The number of hydrogen-bond donors (Lipinski definition) is 0. The molecule has 96 heavy (non-hydrogen) atoms. The van der Waals surface area contributed by atoms with Crippen LogP contribution in [0.3, 0.4) is 0 Å². The number of aromatic nitrogens is 6. The first-order chi connectivity index (χ1) is 45.9. The quantitative estimate of drug-likeness (QED) is 0.134. The molecule has 0 unspecified atom stereocenters.